The average Bonchev–Trinajstić information content (AvgIpc) is 2.85. The predicted molar refractivity (Wildman–Crippen MR) is 85.0 cm³/mol. The molecule has 1 aromatic heterocycles. The molecule has 0 atom stereocenters. The summed E-state index contributed by atoms with van der Waals surface area (Å²) in [6.45, 7) is 5.19. The summed E-state index contributed by atoms with van der Waals surface area (Å²) in [5.74, 6) is 1.31. The van der Waals surface area contributed by atoms with Crippen LogP contribution in [0.25, 0.3) is 0 Å². The van der Waals surface area contributed by atoms with Gasteiger partial charge in [-0.25, -0.2) is 0 Å². The van der Waals surface area contributed by atoms with Gasteiger partial charge in [-0.15, -0.1) is 0 Å². The van der Waals surface area contributed by atoms with Crippen molar-refractivity contribution in [1.29, 1.82) is 0 Å². The van der Waals surface area contributed by atoms with Crippen molar-refractivity contribution in [3.05, 3.63) is 45.5 Å². The van der Waals surface area contributed by atoms with Crippen molar-refractivity contribution in [3.63, 3.8) is 0 Å². The first-order valence-electron chi connectivity index (χ1n) is 7.03. The Morgan fingerprint density at radius 2 is 2.10 bits per heavy atom. The minimum Gasteiger partial charge on any atom is -0.339 e. The number of rotatable bonds is 7. The first-order chi connectivity index (χ1) is 10.0. The molecule has 1 aromatic carbocycles. The molecule has 4 nitrogen and oxygen atoms in total. The van der Waals surface area contributed by atoms with Gasteiger partial charge in [-0.1, -0.05) is 48.3 Å². The molecule has 0 fully saturated rings. The Labute approximate surface area is 134 Å². The number of aryl methyl sites for hydroxylation is 1. The molecule has 0 amide bonds. The fraction of sp³-hybridized carbons (Fsp3) is 0.467. The quantitative estimate of drug-likeness (QED) is 0.783. The molecule has 0 saturated carbocycles. The zero-order chi connectivity index (χ0) is 15.2. The standard InChI is InChI=1S/C15H19Cl2N3O/c1-10(2)18-7-3-4-15-19-14(20-21-15)8-11-5-6-12(16)9-13(11)17/h5-6,9-10,18H,3-4,7-8H2,1-2H3. The van der Waals surface area contributed by atoms with Crippen LogP contribution in [0, 0.1) is 0 Å². The molecule has 0 aliphatic rings. The van der Waals surface area contributed by atoms with Gasteiger partial charge < -0.3 is 9.84 Å². The molecule has 0 spiro atoms. The molecule has 2 aromatic rings. The number of hydrogen-bond donors (Lipinski definition) is 1. The molecule has 0 radical (unpaired) electrons. The van der Waals surface area contributed by atoms with Crippen molar-refractivity contribution in [1.82, 2.24) is 15.5 Å². The van der Waals surface area contributed by atoms with Crippen LogP contribution >= 0.6 is 23.2 Å². The average molecular weight is 328 g/mol. The van der Waals surface area contributed by atoms with E-state index < -0.39 is 0 Å². The molecule has 2 rings (SSSR count). The van der Waals surface area contributed by atoms with Gasteiger partial charge in [-0.2, -0.15) is 4.98 Å². The van der Waals surface area contributed by atoms with E-state index in [0.717, 1.165) is 24.9 Å². The molecular formula is C15H19Cl2N3O. The van der Waals surface area contributed by atoms with E-state index in [0.29, 0.717) is 34.2 Å². The maximum absolute atomic E-state index is 6.14. The lowest BCUT2D eigenvalue weighted by Crippen LogP contribution is -2.23. The topological polar surface area (TPSA) is 51.0 Å². The number of nitrogens with one attached hydrogen (secondary N) is 1. The van der Waals surface area contributed by atoms with Gasteiger partial charge in [0, 0.05) is 28.9 Å². The SMILES string of the molecule is CC(C)NCCCc1nc(Cc2ccc(Cl)cc2Cl)no1. The second kappa shape index (κ2) is 7.78. The van der Waals surface area contributed by atoms with Gasteiger partial charge in [0.15, 0.2) is 5.82 Å². The van der Waals surface area contributed by atoms with E-state index >= 15 is 0 Å². The first-order valence-corrected chi connectivity index (χ1v) is 7.79. The third kappa shape index (κ3) is 5.30. The summed E-state index contributed by atoms with van der Waals surface area (Å²) in [5.41, 5.74) is 0.940. The number of nitrogens with zero attached hydrogens (tertiary/aromatic N) is 2. The fourth-order valence-electron chi connectivity index (χ4n) is 1.93. The van der Waals surface area contributed by atoms with Crippen molar-refractivity contribution in [3.8, 4) is 0 Å². The van der Waals surface area contributed by atoms with Crippen LogP contribution in [0.5, 0.6) is 0 Å². The predicted octanol–water partition coefficient (Wildman–Crippen LogP) is 3.90. The summed E-state index contributed by atoms with van der Waals surface area (Å²) in [4.78, 5) is 4.39. The Bertz CT molecular complexity index is 584. The van der Waals surface area contributed by atoms with E-state index in [1.54, 1.807) is 12.1 Å². The summed E-state index contributed by atoms with van der Waals surface area (Å²) in [6, 6.07) is 5.90. The first kappa shape index (κ1) is 16.3. The van der Waals surface area contributed by atoms with Gasteiger partial charge >= 0.3 is 0 Å². The van der Waals surface area contributed by atoms with Crippen LogP contribution < -0.4 is 5.32 Å². The molecule has 0 unspecified atom stereocenters. The van der Waals surface area contributed by atoms with Gasteiger partial charge in [0.1, 0.15) is 0 Å². The van der Waals surface area contributed by atoms with Crippen molar-refractivity contribution in [2.24, 2.45) is 0 Å². The molecule has 0 aliphatic heterocycles. The molecule has 6 heteroatoms. The van der Waals surface area contributed by atoms with Crippen LogP contribution in [0.2, 0.25) is 10.0 Å². The largest absolute Gasteiger partial charge is 0.339 e. The molecule has 0 saturated heterocycles. The maximum Gasteiger partial charge on any atom is 0.226 e. The lowest BCUT2D eigenvalue weighted by atomic mass is 10.1. The van der Waals surface area contributed by atoms with Crippen LogP contribution in [0.15, 0.2) is 22.7 Å². The van der Waals surface area contributed by atoms with Crippen LogP contribution in [-0.2, 0) is 12.8 Å². The van der Waals surface area contributed by atoms with E-state index in [1.807, 2.05) is 6.07 Å². The highest BCUT2D eigenvalue weighted by atomic mass is 35.5. The number of aromatic nitrogens is 2. The second-order valence-corrected chi connectivity index (χ2v) is 6.07. The van der Waals surface area contributed by atoms with E-state index in [2.05, 4.69) is 29.3 Å². The van der Waals surface area contributed by atoms with Crippen LogP contribution in [0.1, 0.15) is 37.5 Å². The Morgan fingerprint density at radius 3 is 2.81 bits per heavy atom. The van der Waals surface area contributed by atoms with Gasteiger partial charge in [-0.05, 0) is 30.7 Å². The lowest BCUT2D eigenvalue weighted by molar-refractivity contribution is 0.369. The smallest absolute Gasteiger partial charge is 0.226 e. The second-order valence-electron chi connectivity index (χ2n) is 5.23. The van der Waals surface area contributed by atoms with E-state index in [1.165, 1.54) is 0 Å². The monoisotopic (exact) mass is 327 g/mol. The van der Waals surface area contributed by atoms with Crippen molar-refractivity contribution < 1.29 is 4.52 Å². The minimum atomic E-state index is 0.496. The zero-order valence-corrected chi connectivity index (χ0v) is 13.7. The highest BCUT2D eigenvalue weighted by molar-refractivity contribution is 6.35. The number of halogens is 2. The Hall–Kier alpha value is -1.10. The highest BCUT2D eigenvalue weighted by Gasteiger charge is 2.09. The van der Waals surface area contributed by atoms with E-state index in [9.17, 15) is 0 Å². The van der Waals surface area contributed by atoms with Crippen molar-refractivity contribution >= 4 is 23.2 Å². The van der Waals surface area contributed by atoms with Gasteiger partial charge in [0.25, 0.3) is 0 Å². The summed E-state index contributed by atoms with van der Waals surface area (Å²) in [5, 5.41) is 8.59. The maximum atomic E-state index is 6.14. The van der Waals surface area contributed by atoms with Gasteiger partial charge in [0.05, 0.1) is 0 Å². The molecule has 1 heterocycles. The minimum absolute atomic E-state index is 0.496. The lowest BCUT2D eigenvalue weighted by Gasteiger charge is -2.05. The van der Waals surface area contributed by atoms with E-state index in [4.69, 9.17) is 27.7 Å². The number of benzene rings is 1. The normalized spacial score (nSPS) is 11.3. The molecule has 114 valence electrons. The third-order valence-corrected chi connectivity index (χ3v) is 3.58. The van der Waals surface area contributed by atoms with Gasteiger partial charge in [0.2, 0.25) is 5.89 Å². The van der Waals surface area contributed by atoms with Crippen LogP contribution in [0.4, 0.5) is 0 Å². The molecule has 21 heavy (non-hydrogen) atoms. The Morgan fingerprint density at radius 1 is 1.29 bits per heavy atom. The summed E-state index contributed by atoms with van der Waals surface area (Å²) >= 11 is 12.0. The van der Waals surface area contributed by atoms with Crippen LogP contribution in [-0.4, -0.2) is 22.7 Å². The van der Waals surface area contributed by atoms with E-state index in [-0.39, 0.29) is 0 Å². The third-order valence-electron chi connectivity index (χ3n) is 2.99. The van der Waals surface area contributed by atoms with Gasteiger partial charge in [-0.3, -0.25) is 0 Å². The fourth-order valence-corrected chi connectivity index (χ4v) is 2.40. The summed E-state index contributed by atoms with van der Waals surface area (Å²) < 4.78 is 5.25. The molecule has 0 aliphatic carbocycles. The zero-order valence-electron chi connectivity index (χ0n) is 12.2. The highest BCUT2D eigenvalue weighted by Crippen LogP contribution is 2.22. The molecular weight excluding hydrogens is 309 g/mol. The van der Waals surface area contributed by atoms with Crippen molar-refractivity contribution in [2.45, 2.75) is 39.2 Å². The molecule has 1 N–H and O–H groups in total. The molecule has 0 bridgehead atoms. The Kier molecular flexibility index (Phi) is 6.03. The summed E-state index contributed by atoms with van der Waals surface area (Å²) in [6.07, 6.45) is 2.30. The number of hydrogen-bond acceptors (Lipinski definition) is 4. The summed E-state index contributed by atoms with van der Waals surface area (Å²) in [7, 11) is 0. The Balaban J connectivity index is 1.88. The van der Waals surface area contributed by atoms with Crippen LogP contribution in [0.3, 0.4) is 0 Å². The van der Waals surface area contributed by atoms with Crippen molar-refractivity contribution in [2.75, 3.05) is 6.54 Å².